The zero-order chi connectivity index (χ0) is 17.5. The highest BCUT2D eigenvalue weighted by Gasteiger charge is 2.11. The van der Waals surface area contributed by atoms with Gasteiger partial charge in [-0.2, -0.15) is 0 Å². The Balaban J connectivity index is 1.50. The molecule has 0 spiro atoms. The number of carbonyl (C=O) groups is 2. The Morgan fingerprint density at radius 1 is 0.920 bits per heavy atom. The summed E-state index contributed by atoms with van der Waals surface area (Å²) in [6.07, 6.45) is 0. The minimum atomic E-state index is -0.390. The van der Waals surface area contributed by atoms with E-state index in [0.29, 0.717) is 20.7 Å². The Labute approximate surface area is 152 Å². The van der Waals surface area contributed by atoms with Gasteiger partial charge >= 0.3 is 6.03 Å². The molecule has 1 heterocycles. The van der Waals surface area contributed by atoms with E-state index >= 15 is 0 Å². The SMILES string of the molecule is O=C(Nc1ccccc1)Nc1nnc(SCC(=O)c2ccccc2)s1. The summed E-state index contributed by atoms with van der Waals surface area (Å²) in [6.45, 7) is 0. The van der Waals surface area contributed by atoms with Gasteiger partial charge in [0, 0.05) is 11.3 Å². The summed E-state index contributed by atoms with van der Waals surface area (Å²) in [5.74, 6) is 0.298. The molecule has 2 amide bonds. The maximum atomic E-state index is 12.1. The summed E-state index contributed by atoms with van der Waals surface area (Å²) < 4.78 is 0.624. The Bertz CT molecular complexity index is 853. The second-order valence-electron chi connectivity index (χ2n) is 4.90. The van der Waals surface area contributed by atoms with Crippen LogP contribution < -0.4 is 10.6 Å². The normalized spacial score (nSPS) is 10.2. The van der Waals surface area contributed by atoms with Crippen LogP contribution in [0.3, 0.4) is 0 Å². The second kappa shape index (κ2) is 8.41. The van der Waals surface area contributed by atoms with Crippen molar-refractivity contribution >= 4 is 45.7 Å². The highest BCUT2D eigenvalue weighted by atomic mass is 32.2. The molecule has 25 heavy (non-hydrogen) atoms. The number of Topliss-reactive ketones (excluding diaryl/α,β-unsaturated/α-hetero) is 1. The van der Waals surface area contributed by atoms with Gasteiger partial charge in [-0.15, -0.1) is 10.2 Å². The summed E-state index contributed by atoms with van der Waals surface area (Å²) in [5, 5.41) is 13.6. The van der Waals surface area contributed by atoms with Crippen LogP contribution in [0.25, 0.3) is 0 Å². The number of thioether (sulfide) groups is 1. The number of urea groups is 1. The van der Waals surface area contributed by atoms with Crippen molar-refractivity contribution in [3.8, 4) is 0 Å². The van der Waals surface area contributed by atoms with Crippen LogP contribution in [0.4, 0.5) is 15.6 Å². The van der Waals surface area contributed by atoms with Gasteiger partial charge in [-0.1, -0.05) is 71.6 Å². The Kier molecular flexibility index (Phi) is 5.76. The van der Waals surface area contributed by atoms with Gasteiger partial charge in [0.05, 0.1) is 5.75 Å². The summed E-state index contributed by atoms with van der Waals surface area (Å²) in [4.78, 5) is 24.0. The average Bonchev–Trinajstić information content (AvgIpc) is 3.08. The van der Waals surface area contributed by atoms with Crippen LogP contribution in [-0.2, 0) is 0 Å². The quantitative estimate of drug-likeness (QED) is 0.387. The van der Waals surface area contributed by atoms with Crippen LogP contribution in [0.5, 0.6) is 0 Å². The minimum Gasteiger partial charge on any atom is -0.308 e. The van der Waals surface area contributed by atoms with E-state index in [1.54, 1.807) is 24.3 Å². The molecule has 126 valence electrons. The van der Waals surface area contributed by atoms with E-state index in [2.05, 4.69) is 20.8 Å². The Morgan fingerprint density at radius 3 is 2.32 bits per heavy atom. The lowest BCUT2D eigenvalue weighted by Gasteiger charge is -2.03. The van der Waals surface area contributed by atoms with E-state index in [1.807, 2.05) is 36.4 Å². The molecule has 0 saturated carbocycles. The molecule has 3 aromatic rings. The first kappa shape index (κ1) is 17.1. The molecule has 0 radical (unpaired) electrons. The largest absolute Gasteiger partial charge is 0.325 e. The molecule has 0 fully saturated rings. The molecule has 0 aliphatic carbocycles. The standard InChI is InChI=1S/C17H14N4O2S2/c22-14(12-7-3-1-4-8-12)11-24-17-21-20-16(25-17)19-15(23)18-13-9-5-2-6-10-13/h1-10H,11H2,(H2,18,19,20,23). The zero-order valence-electron chi connectivity index (χ0n) is 13.0. The molecule has 0 atom stereocenters. The summed E-state index contributed by atoms with van der Waals surface area (Å²) in [6, 6.07) is 17.8. The van der Waals surface area contributed by atoms with Crippen molar-refractivity contribution < 1.29 is 9.59 Å². The third-order valence-corrected chi connectivity index (χ3v) is 5.05. The van der Waals surface area contributed by atoms with E-state index in [-0.39, 0.29) is 17.6 Å². The van der Waals surface area contributed by atoms with Gasteiger partial charge in [-0.25, -0.2) is 4.79 Å². The van der Waals surface area contributed by atoms with Gasteiger partial charge in [-0.05, 0) is 12.1 Å². The number of benzene rings is 2. The number of para-hydroxylation sites is 1. The molecular formula is C17H14N4O2S2. The van der Waals surface area contributed by atoms with E-state index in [1.165, 1.54) is 23.1 Å². The van der Waals surface area contributed by atoms with Crippen molar-refractivity contribution in [3.05, 3.63) is 66.2 Å². The van der Waals surface area contributed by atoms with Gasteiger partial charge in [0.15, 0.2) is 10.1 Å². The zero-order valence-corrected chi connectivity index (χ0v) is 14.6. The lowest BCUT2D eigenvalue weighted by molar-refractivity contribution is 0.102. The van der Waals surface area contributed by atoms with Crippen molar-refractivity contribution in [3.63, 3.8) is 0 Å². The number of ketones is 1. The first-order chi connectivity index (χ1) is 12.2. The fourth-order valence-corrected chi connectivity index (χ4v) is 3.58. The van der Waals surface area contributed by atoms with Gasteiger partial charge in [-0.3, -0.25) is 10.1 Å². The lowest BCUT2D eigenvalue weighted by atomic mass is 10.2. The molecule has 0 unspecified atom stereocenters. The number of amides is 2. The van der Waals surface area contributed by atoms with E-state index in [4.69, 9.17) is 0 Å². The van der Waals surface area contributed by atoms with E-state index in [0.717, 1.165) is 0 Å². The predicted octanol–water partition coefficient (Wildman–Crippen LogP) is 4.16. The second-order valence-corrected chi connectivity index (χ2v) is 7.10. The number of carbonyl (C=O) groups excluding carboxylic acids is 2. The molecule has 6 nitrogen and oxygen atoms in total. The highest BCUT2D eigenvalue weighted by Crippen LogP contribution is 2.26. The third kappa shape index (κ3) is 5.13. The highest BCUT2D eigenvalue weighted by molar-refractivity contribution is 8.01. The minimum absolute atomic E-state index is 0.0251. The van der Waals surface area contributed by atoms with Gasteiger partial charge in [0.1, 0.15) is 0 Å². The number of hydrogen-bond acceptors (Lipinski definition) is 6. The monoisotopic (exact) mass is 370 g/mol. The van der Waals surface area contributed by atoms with Crippen LogP contribution in [0.2, 0.25) is 0 Å². The first-order valence-electron chi connectivity index (χ1n) is 7.38. The van der Waals surface area contributed by atoms with Crippen molar-refractivity contribution in [2.24, 2.45) is 0 Å². The fourth-order valence-electron chi connectivity index (χ4n) is 1.93. The molecule has 3 rings (SSSR count). The van der Waals surface area contributed by atoms with Crippen molar-refractivity contribution in [2.45, 2.75) is 4.34 Å². The molecule has 0 aliphatic heterocycles. The maximum Gasteiger partial charge on any atom is 0.325 e. The van der Waals surface area contributed by atoms with Crippen LogP contribution in [0, 0.1) is 0 Å². The van der Waals surface area contributed by atoms with Crippen LogP contribution in [0.15, 0.2) is 65.0 Å². The number of anilines is 2. The molecule has 0 bridgehead atoms. The molecule has 2 aromatic carbocycles. The molecule has 0 aliphatic rings. The molecule has 0 saturated heterocycles. The topological polar surface area (TPSA) is 84.0 Å². The van der Waals surface area contributed by atoms with Gasteiger partial charge in [0.2, 0.25) is 5.13 Å². The van der Waals surface area contributed by atoms with E-state index < -0.39 is 0 Å². The van der Waals surface area contributed by atoms with Gasteiger partial charge in [0.25, 0.3) is 0 Å². The number of hydrogen-bond donors (Lipinski definition) is 2. The number of nitrogens with zero attached hydrogens (tertiary/aromatic N) is 2. The van der Waals surface area contributed by atoms with Crippen molar-refractivity contribution in [1.82, 2.24) is 10.2 Å². The molecule has 1 aromatic heterocycles. The predicted molar refractivity (Wildman–Crippen MR) is 100 cm³/mol. The number of aromatic nitrogens is 2. The smallest absolute Gasteiger partial charge is 0.308 e. The lowest BCUT2D eigenvalue weighted by Crippen LogP contribution is -2.19. The molecular weight excluding hydrogens is 356 g/mol. The molecule has 8 heteroatoms. The Morgan fingerprint density at radius 2 is 1.60 bits per heavy atom. The number of nitrogens with one attached hydrogen (secondary N) is 2. The first-order valence-corrected chi connectivity index (χ1v) is 9.18. The molecule has 2 N–H and O–H groups in total. The fraction of sp³-hybridized carbons (Fsp3) is 0.0588. The van der Waals surface area contributed by atoms with Gasteiger partial charge < -0.3 is 5.32 Å². The van der Waals surface area contributed by atoms with Crippen LogP contribution in [-0.4, -0.2) is 27.8 Å². The van der Waals surface area contributed by atoms with Crippen molar-refractivity contribution in [1.29, 1.82) is 0 Å². The van der Waals surface area contributed by atoms with Crippen molar-refractivity contribution in [2.75, 3.05) is 16.4 Å². The third-order valence-electron chi connectivity index (χ3n) is 3.08. The van der Waals surface area contributed by atoms with E-state index in [9.17, 15) is 9.59 Å². The number of rotatable bonds is 6. The summed E-state index contributed by atoms with van der Waals surface area (Å²) >= 11 is 2.52. The summed E-state index contributed by atoms with van der Waals surface area (Å²) in [7, 11) is 0. The van der Waals surface area contributed by atoms with Crippen LogP contribution >= 0.6 is 23.1 Å². The van der Waals surface area contributed by atoms with Crippen LogP contribution in [0.1, 0.15) is 10.4 Å². The Hall–Kier alpha value is -2.71. The maximum absolute atomic E-state index is 12.1. The summed E-state index contributed by atoms with van der Waals surface area (Å²) in [5.41, 5.74) is 1.35. The average molecular weight is 370 g/mol.